The van der Waals surface area contributed by atoms with Gasteiger partial charge >= 0.3 is 0 Å². The minimum Gasteiger partial charge on any atom is -0.488 e. The third kappa shape index (κ3) is 48.5. The molecule has 0 aromatic heterocycles. The zero-order chi connectivity index (χ0) is 90.5. The third-order valence-corrected chi connectivity index (χ3v) is 21.3. The lowest BCUT2D eigenvalue weighted by Gasteiger charge is -2.36. The van der Waals surface area contributed by atoms with Crippen LogP contribution in [0.4, 0.5) is 30.7 Å². The molecule has 118 heavy (non-hydrogen) atoms. The van der Waals surface area contributed by atoms with Gasteiger partial charge in [0.2, 0.25) is 12.9 Å². The van der Waals surface area contributed by atoms with Crippen LogP contribution < -0.4 is 4.74 Å². The van der Waals surface area contributed by atoms with E-state index in [4.69, 9.17) is 47.4 Å². The molecule has 0 unspecified atom stereocenters. The summed E-state index contributed by atoms with van der Waals surface area (Å²) in [5.41, 5.74) is -1.45. The van der Waals surface area contributed by atoms with Crippen LogP contribution in [-0.2, 0) is 55.6 Å². The predicted octanol–water partition coefficient (Wildman–Crippen LogP) is 16.2. The topological polar surface area (TPSA) is 121 Å². The van der Waals surface area contributed by atoms with Crippen LogP contribution in [0.5, 0.6) is 5.75 Å². The van der Waals surface area contributed by atoms with Crippen molar-refractivity contribution >= 4 is 0 Å². The summed E-state index contributed by atoms with van der Waals surface area (Å²) >= 11 is 0. The van der Waals surface area contributed by atoms with Gasteiger partial charge < -0.3 is 91.5 Å². The molecule has 700 valence electrons. The van der Waals surface area contributed by atoms with E-state index in [1.807, 2.05) is 145 Å². The molecule has 0 amide bonds. The smallest absolute Gasteiger partial charge is 0.245 e. The van der Waals surface area contributed by atoms with E-state index in [0.717, 1.165) is 84.0 Å². The molecule has 0 aliphatic carbocycles. The summed E-state index contributed by atoms with van der Waals surface area (Å²) < 4.78 is 148. The number of alkyl halides is 7. The second-order valence-electron chi connectivity index (χ2n) is 41.9. The van der Waals surface area contributed by atoms with Crippen LogP contribution in [-0.4, -0.2) is 365 Å². The maximum absolute atomic E-state index is 14.2. The Morgan fingerprint density at radius 2 is 0.729 bits per heavy atom. The highest BCUT2D eigenvalue weighted by molar-refractivity contribution is 5.42. The molecule has 0 bridgehead atoms. The second kappa shape index (κ2) is 51.6. The van der Waals surface area contributed by atoms with Crippen LogP contribution >= 0.6 is 0 Å². The Bertz CT molecular complexity index is 2760. The fourth-order valence-corrected chi connectivity index (χ4v) is 15.5. The highest BCUT2D eigenvalue weighted by Gasteiger charge is 2.43. The van der Waals surface area contributed by atoms with E-state index in [1.54, 1.807) is 7.11 Å². The van der Waals surface area contributed by atoms with Crippen molar-refractivity contribution in [1.29, 1.82) is 0 Å². The molecule has 9 heterocycles. The average Bonchev–Trinajstić information content (AvgIpc) is 1.42. The summed E-state index contributed by atoms with van der Waals surface area (Å²) in [7, 11) is 20.0. The molecule has 0 radical (unpaired) electrons. The Hall–Kier alpha value is -2.19. The fourth-order valence-electron chi connectivity index (χ4n) is 15.5. The minimum absolute atomic E-state index is 0.0257. The third-order valence-electron chi connectivity index (χ3n) is 21.3. The highest BCUT2D eigenvalue weighted by Crippen LogP contribution is 2.34. The highest BCUT2D eigenvalue weighted by atomic mass is 19.3. The lowest BCUT2D eigenvalue weighted by molar-refractivity contribution is -0.0995. The summed E-state index contributed by atoms with van der Waals surface area (Å²) in [6.07, 6.45) is 1.46. The number of benzene rings is 1. The first-order chi connectivity index (χ1) is 54.0. The van der Waals surface area contributed by atoms with Gasteiger partial charge in [-0.05, 0) is 297 Å². The maximum Gasteiger partial charge on any atom is 0.245 e. The van der Waals surface area contributed by atoms with Crippen molar-refractivity contribution in [2.24, 2.45) is 23.7 Å². The Labute approximate surface area is 716 Å². The molecule has 9 aliphatic heterocycles. The molecular weight excluding hydrogens is 1520 g/mol. The number of methoxy groups -OCH3 is 1. The monoisotopic (exact) mass is 1700 g/mol. The lowest BCUT2D eigenvalue weighted by Crippen LogP contribution is -2.47. The molecular formula is C92H178F7N9O10. The number of hydrogen-bond acceptors (Lipinski definition) is 19. The molecule has 12 atom stereocenters. The number of ether oxygens (including phenoxy) is 10. The Kier molecular flexibility index (Phi) is 48.9. The molecule has 26 heteroatoms. The summed E-state index contributed by atoms with van der Waals surface area (Å²) in [5, 5.41) is 0. The molecule has 8 fully saturated rings. The molecule has 9 aliphatic rings. The summed E-state index contributed by atoms with van der Waals surface area (Å²) in [6.45, 7) is 66.6. The number of halogens is 7. The standard InChI is InChI=1S/C14H21NO.2C11H22FNO.C10H20FNO.C10H21NO2.2C9H17F2NO.2C9H19NO/c1-14(2,3)16-13-7-5-6-11-10-15(4)9-8-12(11)13;1-10(2,3)14-9-11(12)5-7-13(4)8-6-11;1-10(2,3)14-9-11(12)6-5-7-13(4)8-11;1-9(2,3)13-8-10(11)5-6-12(4)7-10;1-10(2,3)13-9-7-11(4)6-8(9)12-5;2*1-6(2)13-8-5-12(3)4-7(8)9(10)11;2*1-7(2)11-9-6-10(4)5-8(9)3/h5-7H,8-10H2,1-4H3;2*5-9H2,1-4H3;5-8H2,1-4H3;8-9H,6-7H2,1-5H3;2*6-9H,4-5H2,1-3H3;2*7-9H,5-6H2,1-4H3/t;;11-;10-;8-,9-;2*7-,8-;2*8-,9-/m..0011010/s1. The first-order valence-corrected chi connectivity index (χ1v) is 44.3. The van der Waals surface area contributed by atoms with E-state index in [2.05, 4.69) is 154 Å². The first-order valence-electron chi connectivity index (χ1n) is 44.3. The largest absolute Gasteiger partial charge is 0.488 e. The van der Waals surface area contributed by atoms with Crippen molar-refractivity contribution in [3.8, 4) is 5.75 Å². The molecule has 1 aromatic carbocycles. The van der Waals surface area contributed by atoms with Crippen molar-refractivity contribution in [3.05, 3.63) is 29.3 Å². The van der Waals surface area contributed by atoms with E-state index >= 15 is 0 Å². The van der Waals surface area contributed by atoms with Crippen molar-refractivity contribution in [3.63, 3.8) is 0 Å². The summed E-state index contributed by atoms with van der Waals surface area (Å²) in [5.74, 6) is 1.22. The molecule has 0 saturated carbocycles. The molecule has 8 saturated heterocycles. The van der Waals surface area contributed by atoms with Crippen molar-refractivity contribution in [2.75, 3.05) is 202 Å². The lowest BCUT2D eigenvalue weighted by atomic mass is 9.94. The van der Waals surface area contributed by atoms with Gasteiger partial charge in [-0.3, -0.25) is 0 Å². The SMILES string of the molecule is CC(C)O[C@@H]1CN(C)C[C@H]1C.CC(C)O[C@@H]1CN(C)C[C@H]1C(F)F.CC(C)O[C@H]1CN(C)C[C@@H]1C.CC(C)O[C@H]1CN(C)C[C@@H]1C(F)F.CN1CCC(F)(COC(C)(C)C)CC1.CN1CCC[C@@](F)(COC(C)(C)C)C1.CN1CC[C@@](F)(COC(C)(C)C)C1.CN1CCc2c(cccc2OC(C)(C)C)C1.CO[C@@H]1CN(C)C[C@H]1OC(C)(C)C. The van der Waals surface area contributed by atoms with Crippen LogP contribution in [0.1, 0.15) is 216 Å². The minimum atomic E-state index is -2.27. The number of likely N-dealkylation sites (N-methyl/N-ethyl adjacent to an activating group) is 6. The number of nitrogens with zero attached hydrogens (tertiary/aromatic N) is 9. The van der Waals surface area contributed by atoms with Gasteiger partial charge in [-0.1, -0.05) is 26.0 Å². The quantitative estimate of drug-likeness (QED) is 0.122. The summed E-state index contributed by atoms with van der Waals surface area (Å²) in [4.78, 5) is 19.2. The number of likely N-dealkylation sites (tertiary alicyclic amines) is 8. The van der Waals surface area contributed by atoms with E-state index in [0.29, 0.717) is 101 Å². The second-order valence-corrected chi connectivity index (χ2v) is 41.9. The Morgan fingerprint density at radius 3 is 1.08 bits per heavy atom. The van der Waals surface area contributed by atoms with E-state index in [1.165, 1.54) is 24.2 Å². The number of hydrogen-bond donors (Lipinski definition) is 0. The molecule has 19 nitrogen and oxygen atoms in total. The van der Waals surface area contributed by atoms with Gasteiger partial charge in [0.1, 0.15) is 28.4 Å². The number of rotatable bonds is 19. The number of piperidine rings is 2. The molecule has 10 rings (SSSR count). The van der Waals surface area contributed by atoms with Gasteiger partial charge in [-0.15, -0.1) is 0 Å². The molecule has 0 spiro atoms. The van der Waals surface area contributed by atoms with Crippen LogP contribution in [0, 0.1) is 23.7 Å². The maximum atomic E-state index is 14.2. The molecule has 0 N–H and O–H groups in total. The van der Waals surface area contributed by atoms with E-state index < -0.39 is 41.7 Å². The molecule has 1 aromatic rings. The average molecular weight is 1700 g/mol. The van der Waals surface area contributed by atoms with Gasteiger partial charge in [0, 0.05) is 118 Å². The Morgan fingerprint density at radius 1 is 0.381 bits per heavy atom. The van der Waals surface area contributed by atoms with E-state index in [9.17, 15) is 30.7 Å². The van der Waals surface area contributed by atoms with E-state index in [-0.39, 0.29) is 84.4 Å². The van der Waals surface area contributed by atoms with Gasteiger partial charge in [0.05, 0.1) is 115 Å². The fraction of sp³-hybridized carbons (Fsp3) is 0.935. The Balaban J connectivity index is 0.000000451. The van der Waals surface area contributed by atoms with Gasteiger partial charge in [0.25, 0.3) is 0 Å². The van der Waals surface area contributed by atoms with Crippen LogP contribution in [0.25, 0.3) is 0 Å². The van der Waals surface area contributed by atoms with Gasteiger partial charge in [-0.25, -0.2) is 30.7 Å². The van der Waals surface area contributed by atoms with Crippen molar-refractivity contribution in [1.82, 2.24) is 44.1 Å². The van der Waals surface area contributed by atoms with Gasteiger partial charge in [0.15, 0.2) is 0 Å². The first kappa shape index (κ1) is 112. The zero-order valence-corrected chi connectivity index (χ0v) is 81.3. The van der Waals surface area contributed by atoms with Crippen molar-refractivity contribution in [2.45, 2.75) is 337 Å². The normalized spacial score (nSPS) is 28.6. The zero-order valence-electron chi connectivity index (χ0n) is 81.3. The van der Waals surface area contributed by atoms with Crippen molar-refractivity contribution < 1.29 is 78.1 Å². The number of fused-ring (bicyclic) bond motifs is 1. The van der Waals surface area contributed by atoms with Gasteiger partial charge in [-0.2, -0.15) is 0 Å². The predicted molar refractivity (Wildman–Crippen MR) is 471 cm³/mol. The summed E-state index contributed by atoms with van der Waals surface area (Å²) in [6, 6.07) is 6.40. The van der Waals surface area contributed by atoms with Crippen LogP contribution in [0.3, 0.4) is 0 Å². The van der Waals surface area contributed by atoms with Crippen LogP contribution in [0.15, 0.2) is 18.2 Å². The van der Waals surface area contributed by atoms with Crippen LogP contribution in [0.2, 0.25) is 0 Å².